The predicted octanol–water partition coefficient (Wildman–Crippen LogP) is 2.42. The van der Waals surface area contributed by atoms with Gasteiger partial charge in [-0.2, -0.15) is 0 Å². The molecule has 1 aromatic rings. The molecule has 1 aromatic carbocycles. The quantitative estimate of drug-likeness (QED) is 0.852. The molecule has 17 heavy (non-hydrogen) atoms. The van der Waals surface area contributed by atoms with Crippen LogP contribution in [-0.4, -0.2) is 18.1 Å². The molecule has 0 bridgehead atoms. The minimum absolute atomic E-state index is 0.0618. The normalized spacial score (nSPS) is 18.9. The summed E-state index contributed by atoms with van der Waals surface area (Å²) in [4.78, 5) is 11.8. The van der Waals surface area contributed by atoms with Crippen molar-refractivity contribution in [3.05, 3.63) is 33.8 Å². The van der Waals surface area contributed by atoms with Gasteiger partial charge < -0.3 is 10.1 Å². The van der Waals surface area contributed by atoms with Gasteiger partial charge in [-0.3, -0.25) is 4.79 Å². The fourth-order valence-electron chi connectivity index (χ4n) is 1.96. The van der Waals surface area contributed by atoms with Crippen molar-refractivity contribution in [3.63, 3.8) is 0 Å². The lowest BCUT2D eigenvalue weighted by molar-refractivity contribution is -0.150. The first kappa shape index (κ1) is 12.6. The van der Waals surface area contributed by atoms with Crippen LogP contribution < -0.4 is 5.32 Å². The minimum Gasteiger partial charge on any atom is -0.462 e. The van der Waals surface area contributed by atoms with Gasteiger partial charge in [0.05, 0.1) is 6.10 Å². The largest absolute Gasteiger partial charge is 0.462 e. The van der Waals surface area contributed by atoms with E-state index in [0.29, 0.717) is 6.42 Å². The van der Waals surface area contributed by atoms with E-state index in [2.05, 4.69) is 33.4 Å². The number of nitrogens with one attached hydrogen (secondary N) is 1. The molecule has 92 valence electrons. The number of halogens is 1. The van der Waals surface area contributed by atoms with Gasteiger partial charge in [-0.05, 0) is 43.5 Å². The number of benzene rings is 1. The summed E-state index contributed by atoms with van der Waals surface area (Å²) >= 11 is 3.45. The number of esters is 1. The van der Waals surface area contributed by atoms with Crippen molar-refractivity contribution in [2.75, 3.05) is 0 Å². The molecular weight excluding hydrogens is 282 g/mol. The molecule has 0 spiro atoms. The van der Waals surface area contributed by atoms with Crippen molar-refractivity contribution in [3.8, 4) is 0 Å². The highest BCUT2D eigenvalue weighted by atomic mass is 79.9. The Morgan fingerprint density at radius 3 is 2.94 bits per heavy atom. The molecule has 4 heteroatoms. The summed E-state index contributed by atoms with van der Waals surface area (Å²) in [6, 6.07) is 5.95. The third-order valence-corrected chi connectivity index (χ3v) is 3.26. The van der Waals surface area contributed by atoms with Crippen LogP contribution in [0, 0.1) is 0 Å². The van der Waals surface area contributed by atoms with Crippen molar-refractivity contribution in [2.24, 2.45) is 0 Å². The van der Waals surface area contributed by atoms with Crippen LogP contribution in [-0.2, 0) is 22.5 Å². The molecule has 0 amide bonds. The highest BCUT2D eigenvalue weighted by Gasteiger charge is 2.25. The predicted molar refractivity (Wildman–Crippen MR) is 69.7 cm³/mol. The summed E-state index contributed by atoms with van der Waals surface area (Å²) in [6.07, 6.45) is 0.633. The Morgan fingerprint density at radius 2 is 2.24 bits per heavy atom. The SMILES string of the molecule is CC(C)OC(=O)C1Cc2cc(Br)ccc2CN1. The summed E-state index contributed by atoms with van der Waals surface area (Å²) in [5, 5.41) is 3.21. The average molecular weight is 298 g/mol. The molecule has 0 aromatic heterocycles. The van der Waals surface area contributed by atoms with Crippen LogP contribution in [0.15, 0.2) is 22.7 Å². The first-order valence-electron chi connectivity index (χ1n) is 5.77. The fraction of sp³-hybridized carbons (Fsp3) is 0.462. The number of ether oxygens (including phenoxy) is 1. The van der Waals surface area contributed by atoms with Gasteiger partial charge in [0, 0.05) is 11.0 Å². The molecular formula is C13H16BrNO2. The molecule has 0 fully saturated rings. The zero-order valence-corrected chi connectivity index (χ0v) is 11.6. The van der Waals surface area contributed by atoms with Gasteiger partial charge in [0.1, 0.15) is 6.04 Å². The van der Waals surface area contributed by atoms with Crippen LogP contribution in [0.2, 0.25) is 0 Å². The van der Waals surface area contributed by atoms with E-state index < -0.39 is 0 Å². The first-order valence-corrected chi connectivity index (χ1v) is 6.56. The lowest BCUT2D eigenvalue weighted by atomic mass is 9.96. The van der Waals surface area contributed by atoms with E-state index in [1.165, 1.54) is 11.1 Å². The molecule has 2 rings (SSSR count). The third kappa shape index (κ3) is 3.07. The van der Waals surface area contributed by atoms with Gasteiger partial charge in [0.25, 0.3) is 0 Å². The molecule has 1 aliphatic heterocycles. The topological polar surface area (TPSA) is 38.3 Å². The Balaban J connectivity index is 2.10. The lowest BCUT2D eigenvalue weighted by Gasteiger charge is -2.25. The van der Waals surface area contributed by atoms with E-state index in [1.807, 2.05) is 19.9 Å². The molecule has 1 atom stereocenters. The Labute approximate surface area is 110 Å². The molecule has 1 aliphatic rings. The smallest absolute Gasteiger partial charge is 0.323 e. The third-order valence-electron chi connectivity index (χ3n) is 2.77. The molecule has 0 saturated heterocycles. The molecule has 1 N–H and O–H groups in total. The number of hydrogen-bond donors (Lipinski definition) is 1. The van der Waals surface area contributed by atoms with E-state index in [1.54, 1.807) is 0 Å². The van der Waals surface area contributed by atoms with Crippen molar-refractivity contribution in [1.29, 1.82) is 0 Å². The van der Waals surface area contributed by atoms with Crippen LogP contribution in [0.25, 0.3) is 0 Å². The maximum Gasteiger partial charge on any atom is 0.323 e. The number of carbonyl (C=O) groups excluding carboxylic acids is 1. The second kappa shape index (κ2) is 5.19. The minimum atomic E-state index is -0.223. The summed E-state index contributed by atoms with van der Waals surface area (Å²) < 4.78 is 6.27. The van der Waals surface area contributed by atoms with Crippen molar-refractivity contribution in [1.82, 2.24) is 5.32 Å². The maximum atomic E-state index is 11.8. The van der Waals surface area contributed by atoms with Gasteiger partial charge in [-0.15, -0.1) is 0 Å². The second-order valence-corrected chi connectivity index (χ2v) is 5.45. The molecule has 3 nitrogen and oxygen atoms in total. The number of hydrogen-bond acceptors (Lipinski definition) is 3. The molecule has 0 radical (unpaired) electrons. The summed E-state index contributed by atoms with van der Waals surface area (Å²) in [5.41, 5.74) is 2.46. The van der Waals surface area contributed by atoms with Crippen LogP contribution in [0.4, 0.5) is 0 Å². The highest BCUT2D eigenvalue weighted by Crippen LogP contribution is 2.22. The first-order chi connectivity index (χ1) is 8.06. The Morgan fingerprint density at radius 1 is 1.47 bits per heavy atom. The summed E-state index contributed by atoms with van der Waals surface area (Å²) in [6.45, 7) is 4.46. The van der Waals surface area contributed by atoms with E-state index in [0.717, 1.165) is 11.0 Å². The van der Waals surface area contributed by atoms with Crippen LogP contribution >= 0.6 is 15.9 Å². The summed E-state index contributed by atoms with van der Waals surface area (Å²) in [7, 11) is 0. The zero-order chi connectivity index (χ0) is 12.4. The maximum absolute atomic E-state index is 11.8. The summed E-state index contributed by atoms with van der Waals surface area (Å²) in [5.74, 6) is -0.161. The highest BCUT2D eigenvalue weighted by molar-refractivity contribution is 9.10. The van der Waals surface area contributed by atoms with Crippen molar-refractivity contribution >= 4 is 21.9 Å². The lowest BCUT2D eigenvalue weighted by Crippen LogP contribution is -2.43. The van der Waals surface area contributed by atoms with Crippen molar-refractivity contribution < 1.29 is 9.53 Å². The van der Waals surface area contributed by atoms with E-state index in [4.69, 9.17) is 4.74 Å². The molecule has 1 heterocycles. The Bertz CT molecular complexity index is 431. The Kier molecular flexibility index (Phi) is 3.84. The van der Waals surface area contributed by atoms with E-state index in [-0.39, 0.29) is 18.1 Å². The Hall–Kier alpha value is -0.870. The molecule has 0 aliphatic carbocycles. The standard InChI is InChI=1S/C13H16BrNO2/c1-8(2)17-13(16)12-6-10-5-11(14)4-3-9(10)7-15-12/h3-5,8,12,15H,6-7H2,1-2H3. The van der Waals surface area contributed by atoms with Crippen LogP contribution in [0.3, 0.4) is 0 Å². The zero-order valence-electron chi connectivity index (χ0n) is 10.00. The van der Waals surface area contributed by atoms with E-state index in [9.17, 15) is 4.79 Å². The molecule has 0 saturated carbocycles. The fourth-order valence-corrected chi connectivity index (χ4v) is 2.37. The number of carbonyl (C=O) groups is 1. The van der Waals surface area contributed by atoms with Gasteiger partial charge in [0.15, 0.2) is 0 Å². The van der Waals surface area contributed by atoms with Crippen LogP contribution in [0.1, 0.15) is 25.0 Å². The monoisotopic (exact) mass is 297 g/mol. The number of rotatable bonds is 2. The number of fused-ring (bicyclic) bond motifs is 1. The van der Waals surface area contributed by atoms with Gasteiger partial charge >= 0.3 is 5.97 Å². The van der Waals surface area contributed by atoms with Gasteiger partial charge in [-0.1, -0.05) is 22.0 Å². The van der Waals surface area contributed by atoms with Gasteiger partial charge in [-0.25, -0.2) is 0 Å². The van der Waals surface area contributed by atoms with E-state index >= 15 is 0 Å². The second-order valence-electron chi connectivity index (χ2n) is 4.54. The van der Waals surface area contributed by atoms with Gasteiger partial charge in [0.2, 0.25) is 0 Å². The molecule has 1 unspecified atom stereocenters. The van der Waals surface area contributed by atoms with Crippen molar-refractivity contribution in [2.45, 2.75) is 39.0 Å². The average Bonchev–Trinajstić information content (AvgIpc) is 2.27. The van der Waals surface area contributed by atoms with Crippen LogP contribution in [0.5, 0.6) is 0 Å².